The molecule has 0 aliphatic carbocycles. The van der Waals surface area contributed by atoms with Gasteiger partial charge in [0.25, 0.3) is 5.91 Å². The molecule has 1 aromatic heterocycles. The van der Waals surface area contributed by atoms with E-state index in [0.717, 1.165) is 5.00 Å². The van der Waals surface area contributed by atoms with Crippen molar-refractivity contribution < 1.29 is 4.79 Å². The molecule has 0 radical (unpaired) electrons. The molecule has 0 fully saturated rings. The average Bonchev–Trinajstić information content (AvgIpc) is 2.55. The summed E-state index contributed by atoms with van der Waals surface area (Å²) in [5.41, 5.74) is 0. The van der Waals surface area contributed by atoms with Gasteiger partial charge in [0.1, 0.15) is 12.9 Å². The van der Waals surface area contributed by atoms with Crippen LogP contribution in [0.1, 0.15) is 0 Å². The molecule has 2 rings (SSSR count). The first-order valence-electron chi connectivity index (χ1n) is 3.23. The van der Waals surface area contributed by atoms with Gasteiger partial charge in [-0.3, -0.25) is 4.79 Å². The molecule has 0 spiro atoms. The van der Waals surface area contributed by atoms with Crippen LogP contribution in [0.3, 0.4) is 0 Å². The summed E-state index contributed by atoms with van der Waals surface area (Å²) in [6, 6.07) is 3.92. The Bertz CT molecular complexity index is 291. The molecule has 1 aromatic rings. The van der Waals surface area contributed by atoms with Crippen LogP contribution in [0.2, 0.25) is 0 Å². The van der Waals surface area contributed by atoms with Gasteiger partial charge in [-0.25, -0.2) is 4.99 Å². The largest absolute Gasteiger partial charge is 0.314 e. The Kier molecular flexibility index (Phi) is 1.47. The second kappa shape index (κ2) is 2.47. The number of carbonyl (C=O) groups excluding carboxylic acids is 1. The molecule has 0 aromatic carbocycles. The molecule has 1 aliphatic rings. The minimum Gasteiger partial charge on any atom is -0.314 e. The van der Waals surface area contributed by atoms with Gasteiger partial charge in [0.15, 0.2) is 0 Å². The highest BCUT2D eigenvalue weighted by Gasteiger charge is 2.14. The van der Waals surface area contributed by atoms with E-state index in [-0.39, 0.29) is 5.91 Å². The smallest absolute Gasteiger partial charge is 0.267 e. The van der Waals surface area contributed by atoms with E-state index >= 15 is 0 Å². The third-order valence-electron chi connectivity index (χ3n) is 1.44. The summed E-state index contributed by atoms with van der Waals surface area (Å²) in [6.07, 6.45) is 1.58. The summed E-state index contributed by atoms with van der Waals surface area (Å²) >= 11 is 1.60. The van der Waals surface area contributed by atoms with E-state index in [1.807, 2.05) is 22.4 Å². The Hall–Kier alpha value is -1.16. The van der Waals surface area contributed by atoms with Crippen molar-refractivity contribution in [2.24, 2.45) is 4.99 Å². The highest BCUT2D eigenvalue weighted by Crippen LogP contribution is 2.21. The van der Waals surface area contributed by atoms with Crippen molar-refractivity contribution in [1.82, 2.24) is 0 Å². The maximum Gasteiger partial charge on any atom is 0.267 e. The first-order chi connectivity index (χ1) is 5.36. The fraction of sp³-hybridized carbons (Fsp3) is 0.143. The molecule has 0 unspecified atom stereocenters. The standard InChI is InChI=1S/C7H6N2OS/c10-6-4-9(5-8-6)7-2-1-3-11-7/h1-3,5H,4H2. The van der Waals surface area contributed by atoms with E-state index < -0.39 is 0 Å². The maximum absolute atomic E-state index is 10.7. The zero-order chi connectivity index (χ0) is 7.68. The first-order valence-corrected chi connectivity index (χ1v) is 4.11. The number of amides is 1. The van der Waals surface area contributed by atoms with Crippen molar-refractivity contribution in [1.29, 1.82) is 0 Å². The van der Waals surface area contributed by atoms with Crippen LogP contribution >= 0.6 is 11.3 Å². The lowest BCUT2D eigenvalue weighted by Gasteiger charge is -2.07. The van der Waals surface area contributed by atoms with E-state index in [2.05, 4.69) is 4.99 Å². The van der Waals surface area contributed by atoms with Gasteiger partial charge in [-0.15, -0.1) is 11.3 Å². The van der Waals surface area contributed by atoms with Crippen LogP contribution in [0, 0.1) is 0 Å². The zero-order valence-electron chi connectivity index (χ0n) is 5.73. The van der Waals surface area contributed by atoms with Crippen LogP contribution in [0.15, 0.2) is 22.5 Å². The molecule has 3 nitrogen and oxygen atoms in total. The molecular formula is C7H6N2OS. The predicted molar refractivity (Wildman–Crippen MR) is 45.2 cm³/mol. The highest BCUT2D eigenvalue weighted by atomic mass is 32.1. The summed E-state index contributed by atoms with van der Waals surface area (Å²) in [6.45, 7) is 0.389. The van der Waals surface area contributed by atoms with Crippen LogP contribution in [0.4, 0.5) is 5.00 Å². The van der Waals surface area contributed by atoms with Crippen molar-refractivity contribution in [2.75, 3.05) is 11.4 Å². The lowest BCUT2D eigenvalue weighted by Crippen LogP contribution is -2.18. The summed E-state index contributed by atoms with van der Waals surface area (Å²) in [7, 11) is 0. The van der Waals surface area contributed by atoms with Crippen LogP contribution in [-0.4, -0.2) is 18.8 Å². The van der Waals surface area contributed by atoms with Gasteiger partial charge in [-0.1, -0.05) is 0 Å². The number of anilines is 1. The van der Waals surface area contributed by atoms with E-state index in [1.165, 1.54) is 0 Å². The summed E-state index contributed by atoms with van der Waals surface area (Å²) < 4.78 is 0. The van der Waals surface area contributed by atoms with Gasteiger partial charge < -0.3 is 4.90 Å². The number of aliphatic imine (C=N–C) groups is 1. The number of nitrogens with zero attached hydrogens (tertiary/aromatic N) is 2. The molecule has 1 amide bonds. The normalized spacial score (nSPS) is 16.4. The van der Waals surface area contributed by atoms with Gasteiger partial charge in [0.05, 0.1) is 5.00 Å². The summed E-state index contributed by atoms with van der Waals surface area (Å²) in [4.78, 5) is 16.2. The van der Waals surface area contributed by atoms with Crippen LogP contribution in [0.5, 0.6) is 0 Å². The monoisotopic (exact) mass is 166 g/mol. The van der Waals surface area contributed by atoms with Gasteiger partial charge in [-0.2, -0.15) is 0 Å². The van der Waals surface area contributed by atoms with E-state index in [4.69, 9.17) is 0 Å². The van der Waals surface area contributed by atoms with Crippen LogP contribution < -0.4 is 4.90 Å². The van der Waals surface area contributed by atoms with E-state index in [0.29, 0.717) is 6.54 Å². The molecule has 1 aliphatic heterocycles. The quantitative estimate of drug-likeness (QED) is 0.626. The van der Waals surface area contributed by atoms with E-state index in [1.54, 1.807) is 17.7 Å². The number of hydrogen-bond donors (Lipinski definition) is 0. The van der Waals surface area contributed by atoms with Gasteiger partial charge in [0, 0.05) is 0 Å². The number of rotatable bonds is 1. The van der Waals surface area contributed by atoms with Gasteiger partial charge in [0.2, 0.25) is 0 Å². The van der Waals surface area contributed by atoms with E-state index in [9.17, 15) is 4.79 Å². The Morgan fingerprint density at radius 3 is 3.09 bits per heavy atom. The molecule has 0 bridgehead atoms. The fourth-order valence-corrected chi connectivity index (χ4v) is 1.63. The van der Waals surface area contributed by atoms with Crippen molar-refractivity contribution in [3.05, 3.63) is 17.5 Å². The lowest BCUT2D eigenvalue weighted by molar-refractivity contribution is -0.115. The van der Waals surface area contributed by atoms with Gasteiger partial charge >= 0.3 is 0 Å². The summed E-state index contributed by atoms with van der Waals surface area (Å²) in [5, 5.41) is 3.05. The topological polar surface area (TPSA) is 32.7 Å². The SMILES string of the molecule is O=C1CN(c2cccs2)C=N1. The Labute approximate surface area is 68.0 Å². The molecule has 4 heteroatoms. The van der Waals surface area contributed by atoms with Gasteiger partial charge in [-0.05, 0) is 17.5 Å². The fourth-order valence-electron chi connectivity index (χ4n) is 0.930. The Balaban J connectivity index is 2.21. The minimum atomic E-state index is -0.0709. The molecule has 0 saturated heterocycles. The third kappa shape index (κ3) is 1.17. The zero-order valence-corrected chi connectivity index (χ0v) is 6.54. The van der Waals surface area contributed by atoms with Crippen molar-refractivity contribution in [2.45, 2.75) is 0 Å². The minimum absolute atomic E-state index is 0.0709. The molecule has 2 heterocycles. The molecule has 0 atom stereocenters. The second-order valence-corrected chi connectivity index (χ2v) is 3.14. The molecule has 56 valence electrons. The lowest BCUT2D eigenvalue weighted by atomic mass is 10.5. The predicted octanol–water partition coefficient (Wildman–Crippen LogP) is 1.12. The summed E-state index contributed by atoms with van der Waals surface area (Å²) in [5.74, 6) is -0.0709. The second-order valence-electron chi connectivity index (χ2n) is 2.22. The number of carbonyl (C=O) groups is 1. The van der Waals surface area contributed by atoms with Crippen molar-refractivity contribution >= 4 is 28.6 Å². The molecular weight excluding hydrogens is 160 g/mol. The third-order valence-corrected chi connectivity index (χ3v) is 2.34. The number of hydrogen-bond acceptors (Lipinski definition) is 3. The molecule has 0 N–H and O–H groups in total. The van der Waals surface area contributed by atoms with Crippen molar-refractivity contribution in [3.8, 4) is 0 Å². The maximum atomic E-state index is 10.7. The van der Waals surface area contributed by atoms with Crippen molar-refractivity contribution in [3.63, 3.8) is 0 Å². The Morgan fingerprint density at radius 2 is 2.55 bits per heavy atom. The molecule has 0 saturated carbocycles. The van der Waals surface area contributed by atoms with Crippen LogP contribution in [0.25, 0.3) is 0 Å². The average molecular weight is 166 g/mol. The Morgan fingerprint density at radius 1 is 1.64 bits per heavy atom. The molecule has 11 heavy (non-hydrogen) atoms. The van der Waals surface area contributed by atoms with Crippen LogP contribution in [-0.2, 0) is 4.79 Å². The first kappa shape index (κ1) is 6.54. The number of thiophene rings is 1. The highest BCUT2D eigenvalue weighted by molar-refractivity contribution is 7.14.